The molecule has 0 aromatic carbocycles. The van der Waals surface area contributed by atoms with E-state index in [1.165, 1.54) is 0 Å². The highest BCUT2D eigenvalue weighted by atomic mass is 16.5. The summed E-state index contributed by atoms with van der Waals surface area (Å²) in [6.07, 6.45) is 0. The van der Waals surface area contributed by atoms with Crippen LogP contribution in [-0.4, -0.2) is 58.0 Å². The molecule has 0 aliphatic rings. The van der Waals surface area contributed by atoms with Gasteiger partial charge in [-0.3, -0.25) is 4.90 Å². The lowest BCUT2D eigenvalue weighted by Gasteiger charge is -2.33. The maximum atomic E-state index is 5.84. The Morgan fingerprint density at radius 2 is 1.76 bits per heavy atom. The van der Waals surface area contributed by atoms with Crippen LogP contribution in [0.25, 0.3) is 0 Å². The van der Waals surface area contributed by atoms with Crippen molar-refractivity contribution >= 4 is 0 Å². The molecule has 4 nitrogen and oxygen atoms in total. The third-order valence-electron chi connectivity index (χ3n) is 3.33. The molecule has 0 amide bonds. The molecule has 0 aliphatic carbocycles. The maximum absolute atomic E-state index is 5.84. The normalized spacial score (nSPS) is 15.5. The van der Waals surface area contributed by atoms with Gasteiger partial charge in [0.25, 0.3) is 0 Å². The second-order valence-corrected chi connectivity index (χ2v) is 5.03. The molecule has 0 saturated heterocycles. The zero-order chi connectivity index (χ0) is 13.3. The summed E-state index contributed by atoms with van der Waals surface area (Å²) in [5.41, 5.74) is 5.84. The first-order chi connectivity index (χ1) is 8.06. The van der Waals surface area contributed by atoms with Crippen molar-refractivity contribution in [3.8, 4) is 0 Å². The fraction of sp³-hybridized carbons (Fsp3) is 1.00. The molecule has 0 aromatic heterocycles. The van der Waals surface area contributed by atoms with Crippen LogP contribution in [0.15, 0.2) is 0 Å². The minimum absolute atomic E-state index is 0.406. The molecule has 0 bridgehead atoms. The molecule has 17 heavy (non-hydrogen) atoms. The molecule has 2 unspecified atom stereocenters. The van der Waals surface area contributed by atoms with E-state index >= 15 is 0 Å². The van der Waals surface area contributed by atoms with Crippen molar-refractivity contribution in [1.29, 1.82) is 0 Å². The lowest BCUT2D eigenvalue weighted by molar-refractivity contribution is 0.0605. The summed E-state index contributed by atoms with van der Waals surface area (Å²) in [6, 6.07) is 0.406. The first-order valence-corrected chi connectivity index (χ1v) is 6.48. The molecular weight excluding hydrogens is 216 g/mol. The number of hydrogen-bond acceptors (Lipinski definition) is 4. The van der Waals surface area contributed by atoms with Crippen LogP contribution in [0, 0.1) is 11.8 Å². The van der Waals surface area contributed by atoms with Gasteiger partial charge in [-0.2, -0.15) is 0 Å². The molecule has 104 valence electrons. The van der Waals surface area contributed by atoms with Crippen LogP contribution in [0.4, 0.5) is 0 Å². The molecule has 0 rings (SSSR count). The Labute approximate surface area is 106 Å². The predicted molar refractivity (Wildman–Crippen MR) is 72.2 cm³/mol. The van der Waals surface area contributed by atoms with Gasteiger partial charge in [0.05, 0.1) is 13.2 Å². The molecular formula is C13H30N2O2. The average Bonchev–Trinajstić information content (AvgIpc) is 2.29. The summed E-state index contributed by atoms with van der Waals surface area (Å²) in [5.74, 6) is 1.14. The second kappa shape index (κ2) is 9.83. The first-order valence-electron chi connectivity index (χ1n) is 6.48. The van der Waals surface area contributed by atoms with Gasteiger partial charge in [-0.25, -0.2) is 0 Å². The van der Waals surface area contributed by atoms with Crippen LogP contribution in [-0.2, 0) is 9.47 Å². The Morgan fingerprint density at radius 1 is 1.12 bits per heavy atom. The molecule has 0 spiro atoms. The number of hydrogen-bond donors (Lipinski definition) is 1. The van der Waals surface area contributed by atoms with Crippen molar-refractivity contribution in [2.24, 2.45) is 17.6 Å². The molecule has 0 aliphatic heterocycles. The molecule has 2 atom stereocenters. The van der Waals surface area contributed by atoms with E-state index in [0.717, 1.165) is 32.8 Å². The van der Waals surface area contributed by atoms with Crippen LogP contribution in [0.3, 0.4) is 0 Å². The zero-order valence-corrected chi connectivity index (χ0v) is 12.1. The van der Waals surface area contributed by atoms with E-state index in [4.69, 9.17) is 15.2 Å². The molecule has 2 N–H and O–H groups in total. The molecule has 0 aromatic rings. The van der Waals surface area contributed by atoms with Crippen LogP contribution < -0.4 is 5.73 Å². The van der Waals surface area contributed by atoms with E-state index in [0.29, 0.717) is 17.9 Å². The number of ether oxygens (including phenoxy) is 2. The molecule has 0 radical (unpaired) electrons. The Hall–Kier alpha value is -0.160. The maximum Gasteiger partial charge on any atom is 0.0615 e. The Balaban J connectivity index is 4.34. The number of methoxy groups -OCH3 is 2. The molecule has 4 heteroatoms. The molecule has 0 fully saturated rings. The van der Waals surface area contributed by atoms with Gasteiger partial charge in [0.15, 0.2) is 0 Å². The molecule has 0 heterocycles. The zero-order valence-electron chi connectivity index (χ0n) is 12.1. The van der Waals surface area contributed by atoms with Gasteiger partial charge in [-0.05, 0) is 25.3 Å². The SMILES string of the molecule is COCCN(CC(CN)C(C)C)C(C)COC. The van der Waals surface area contributed by atoms with Crippen LogP contribution in [0.5, 0.6) is 0 Å². The minimum Gasteiger partial charge on any atom is -0.383 e. The Kier molecular flexibility index (Phi) is 9.74. The van der Waals surface area contributed by atoms with Crippen LogP contribution >= 0.6 is 0 Å². The van der Waals surface area contributed by atoms with E-state index in [9.17, 15) is 0 Å². The van der Waals surface area contributed by atoms with Gasteiger partial charge in [0, 0.05) is 33.4 Å². The fourth-order valence-corrected chi connectivity index (χ4v) is 1.91. The van der Waals surface area contributed by atoms with Gasteiger partial charge in [-0.15, -0.1) is 0 Å². The van der Waals surface area contributed by atoms with Crippen molar-refractivity contribution in [3.05, 3.63) is 0 Å². The largest absolute Gasteiger partial charge is 0.383 e. The quantitative estimate of drug-likeness (QED) is 0.629. The smallest absolute Gasteiger partial charge is 0.0615 e. The Morgan fingerprint density at radius 3 is 2.18 bits per heavy atom. The van der Waals surface area contributed by atoms with Crippen molar-refractivity contribution < 1.29 is 9.47 Å². The predicted octanol–water partition coefficient (Wildman–Crippen LogP) is 1.20. The highest BCUT2D eigenvalue weighted by Gasteiger charge is 2.20. The summed E-state index contributed by atoms with van der Waals surface area (Å²) in [7, 11) is 3.48. The van der Waals surface area contributed by atoms with Crippen molar-refractivity contribution in [1.82, 2.24) is 4.90 Å². The van der Waals surface area contributed by atoms with Gasteiger partial charge in [-0.1, -0.05) is 13.8 Å². The van der Waals surface area contributed by atoms with Crippen molar-refractivity contribution in [2.45, 2.75) is 26.8 Å². The van der Waals surface area contributed by atoms with Gasteiger partial charge >= 0.3 is 0 Å². The first kappa shape index (κ1) is 16.8. The molecule has 0 saturated carbocycles. The van der Waals surface area contributed by atoms with Crippen LogP contribution in [0.2, 0.25) is 0 Å². The number of nitrogens with two attached hydrogens (primary N) is 1. The highest BCUT2D eigenvalue weighted by molar-refractivity contribution is 4.74. The topological polar surface area (TPSA) is 47.7 Å². The third kappa shape index (κ3) is 6.99. The fourth-order valence-electron chi connectivity index (χ4n) is 1.91. The monoisotopic (exact) mass is 246 g/mol. The highest BCUT2D eigenvalue weighted by Crippen LogP contribution is 2.13. The van der Waals surface area contributed by atoms with Gasteiger partial charge < -0.3 is 15.2 Å². The summed E-state index contributed by atoms with van der Waals surface area (Å²) < 4.78 is 10.4. The average molecular weight is 246 g/mol. The van der Waals surface area contributed by atoms with E-state index < -0.39 is 0 Å². The van der Waals surface area contributed by atoms with Crippen molar-refractivity contribution in [3.63, 3.8) is 0 Å². The second-order valence-electron chi connectivity index (χ2n) is 5.03. The number of rotatable bonds is 10. The van der Waals surface area contributed by atoms with Gasteiger partial charge in [0.2, 0.25) is 0 Å². The third-order valence-corrected chi connectivity index (χ3v) is 3.33. The van der Waals surface area contributed by atoms with E-state index in [1.54, 1.807) is 14.2 Å². The van der Waals surface area contributed by atoms with Gasteiger partial charge in [0.1, 0.15) is 0 Å². The summed E-state index contributed by atoms with van der Waals surface area (Å²) in [4.78, 5) is 2.41. The minimum atomic E-state index is 0.406. The summed E-state index contributed by atoms with van der Waals surface area (Å²) >= 11 is 0. The van der Waals surface area contributed by atoms with E-state index in [-0.39, 0.29) is 0 Å². The summed E-state index contributed by atoms with van der Waals surface area (Å²) in [6.45, 7) is 10.8. The van der Waals surface area contributed by atoms with E-state index in [1.807, 2.05) is 0 Å². The van der Waals surface area contributed by atoms with Crippen molar-refractivity contribution in [2.75, 3.05) is 47.1 Å². The standard InChI is InChI=1S/C13H30N2O2/c1-11(2)13(8-14)9-15(6-7-16-4)12(3)10-17-5/h11-13H,6-10,14H2,1-5H3. The summed E-state index contributed by atoms with van der Waals surface area (Å²) in [5, 5.41) is 0. The lowest BCUT2D eigenvalue weighted by atomic mass is 9.95. The lowest BCUT2D eigenvalue weighted by Crippen LogP contribution is -2.44. The van der Waals surface area contributed by atoms with E-state index in [2.05, 4.69) is 25.7 Å². The Bertz CT molecular complexity index is 177. The van der Waals surface area contributed by atoms with Crippen LogP contribution in [0.1, 0.15) is 20.8 Å². The number of nitrogens with zero attached hydrogens (tertiary/aromatic N) is 1.